The van der Waals surface area contributed by atoms with Gasteiger partial charge in [0.2, 0.25) is 11.8 Å². The van der Waals surface area contributed by atoms with E-state index in [1.807, 2.05) is 13.8 Å². The Morgan fingerprint density at radius 2 is 1.46 bits per heavy atom. The number of rotatable bonds is 14. The molecule has 26 heavy (non-hydrogen) atoms. The van der Waals surface area contributed by atoms with E-state index in [0.29, 0.717) is 32.1 Å². The average Bonchev–Trinajstić information content (AvgIpc) is 2.54. The highest BCUT2D eigenvalue weighted by atomic mass is 16.2. The van der Waals surface area contributed by atoms with Crippen molar-refractivity contribution in [2.45, 2.75) is 84.8 Å². The lowest BCUT2D eigenvalue weighted by molar-refractivity contribution is -0.125. The molecule has 0 rings (SSSR count). The quantitative estimate of drug-likeness (QED) is 0.261. The van der Waals surface area contributed by atoms with Crippen molar-refractivity contribution in [2.24, 2.45) is 11.7 Å². The number of nitrogens with two attached hydrogens (primary N) is 1. The van der Waals surface area contributed by atoms with Crippen LogP contribution in [0.2, 0.25) is 0 Å². The first-order valence-electron chi connectivity index (χ1n) is 9.20. The van der Waals surface area contributed by atoms with E-state index in [9.17, 15) is 19.2 Å². The zero-order valence-corrected chi connectivity index (χ0v) is 16.6. The van der Waals surface area contributed by atoms with Gasteiger partial charge in [0.05, 0.1) is 18.1 Å². The maximum Gasteiger partial charge on any atom is 0.235 e. The molecular formula is C18H34N4O4. The summed E-state index contributed by atoms with van der Waals surface area (Å²) in [4.78, 5) is 46.2. The van der Waals surface area contributed by atoms with Crippen LogP contribution in [0.1, 0.15) is 66.7 Å². The Morgan fingerprint density at radius 1 is 0.923 bits per heavy atom. The van der Waals surface area contributed by atoms with Gasteiger partial charge in [0.1, 0.15) is 0 Å². The van der Waals surface area contributed by atoms with Crippen LogP contribution in [-0.4, -0.2) is 41.5 Å². The van der Waals surface area contributed by atoms with Crippen molar-refractivity contribution in [1.82, 2.24) is 16.2 Å². The summed E-state index contributed by atoms with van der Waals surface area (Å²) in [5.74, 6) is -0.697. The van der Waals surface area contributed by atoms with Crippen molar-refractivity contribution in [3.8, 4) is 0 Å². The summed E-state index contributed by atoms with van der Waals surface area (Å²) >= 11 is 0. The Bertz CT molecular complexity index is 494. The molecule has 0 fully saturated rings. The first-order valence-corrected chi connectivity index (χ1v) is 9.20. The molecule has 0 saturated heterocycles. The van der Waals surface area contributed by atoms with Crippen LogP contribution in [0.15, 0.2) is 0 Å². The van der Waals surface area contributed by atoms with Crippen molar-refractivity contribution in [1.29, 1.82) is 0 Å². The van der Waals surface area contributed by atoms with Gasteiger partial charge >= 0.3 is 0 Å². The number of nitrogens with one attached hydrogen (secondary N) is 3. The normalized spacial score (nSPS) is 14.5. The molecule has 3 atom stereocenters. The number of hydrogen-bond acceptors (Lipinski definition) is 6. The van der Waals surface area contributed by atoms with Gasteiger partial charge in [-0.15, -0.1) is 0 Å². The molecule has 0 saturated carbocycles. The maximum atomic E-state index is 11.9. The second-order valence-electron chi connectivity index (χ2n) is 6.93. The summed E-state index contributed by atoms with van der Waals surface area (Å²) in [5, 5.41) is 2.62. The van der Waals surface area contributed by atoms with Crippen LogP contribution in [0.3, 0.4) is 0 Å². The van der Waals surface area contributed by atoms with Crippen molar-refractivity contribution < 1.29 is 19.2 Å². The van der Waals surface area contributed by atoms with Gasteiger partial charge in [0, 0.05) is 13.3 Å². The number of primary amides is 1. The van der Waals surface area contributed by atoms with Crippen LogP contribution in [0.5, 0.6) is 0 Å². The molecule has 8 heteroatoms. The van der Waals surface area contributed by atoms with E-state index in [1.165, 1.54) is 13.8 Å². The summed E-state index contributed by atoms with van der Waals surface area (Å²) in [6.07, 6.45) is 2.71. The Morgan fingerprint density at radius 3 is 1.85 bits per heavy atom. The van der Waals surface area contributed by atoms with Crippen LogP contribution in [0.4, 0.5) is 0 Å². The summed E-state index contributed by atoms with van der Waals surface area (Å²) < 4.78 is 0. The van der Waals surface area contributed by atoms with Gasteiger partial charge in [0.15, 0.2) is 11.6 Å². The second-order valence-corrected chi connectivity index (χ2v) is 6.93. The highest BCUT2D eigenvalue weighted by Gasteiger charge is 2.23. The summed E-state index contributed by atoms with van der Waals surface area (Å²) in [6.45, 7) is 8.46. The molecule has 0 aromatic rings. The lowest BCUT2D eigenvalue weighted by Crippen LogP contribution is -2.55. The minimum Gasteiger partial charge on any atom is -0.368 e. The molecule has 0 aromatic heterocycles. The molecule has 0 bridgehead atoms. The fraction of sp³-hybridized carbons (Fsp3) is 0.778. The lowest BCUT2D eigenvalue weighted by Gasteiger charge is -2.24. The van der Waals surface area contributed by atoms with E-state index >= 15 is 0 Å². The van der Waals surface area contributed by atoms with E-state index in [0.717, 1.165) is 0 Å². The third kappa shape index (κ3) is 9.62. The lowest BCUT2D eigenvalue weighted by atomic mass is 9.99. The van der Waals surface area contributed by atoms with Crippen LogP contribution in [0.25, 0.3) is 0 Å². The van der Waals surface area contributed by atoms with Gasteiger partial charge in [-0.3, -0.25) is 19.2 Å². The number of amides is 2. The van der Waals surface area contributed by atoms with Crippen LogP contribution in [-0.2, 0) is 19.2 Å². The first-order chi connectivity index (χ1) is 12.1. The third-order valence-electron chi connectivity index (χ3n) is 4.22. The molecule has 5 N–H and O–H groups in total. The van der Waals surface area contributed by atoms with Gasteiger partial charge in [0.25, 0.3) is 0 Å². The molecule has 0 heterocycles. The smallest absolute Gasteiger partial charge is 0.235 e. The standard InChI is InChI=1S/C18H34N4O4/c1-6-16(25)17(11(2)3)22-21-15(18(19)26)10-8-7-9-14(12(4)23)20-13(5)24/h11,14-15,17,21-22H,6-10H2,1-5H3,(H2,19,26)(H,20,24)/t14?,15?,17-/m0/s1. The number of ketones is 2. The van der Waals surface area contributed by atoms with Gasteiger partial charge in [-0.05, 0) is 25.7 Å². The first kappa shape index (κ1) is 24.2. The Hall–Kier alpha value is -1.80. The Kier molecular flexibility index (Phi) is 11.7. The SMILES string of the molecule is CCC(=O)[C@@H](NNC(CCCCC(NC(C)=O)C(C)=O)C(N)=O)C(C)C. The predicted molar refractivity (Wildman–Crippen MR) is 99.9 cm³/mol. The van der Waals surface area contributed by atoms with Gasteiger partial charge < -0.3 is 11.1 Å². The minimum atomic E-state index is -0.613. The summed E-state index contributed by atoms with van der Waals surface area (Å²) in [5.41, 5.74) is 11.2. The Labute approximate surface area is 156 Å². The zero-order valence-electron chi connectivity index (χ0n) is 16.6. The van der Waals surface area contributed by atoms with E-state index in [2.05, 4.69) is 16.2 Å². The summed E-state index contributed by atoms with van der Waals surface area (Å²) in [7, 11) is 0. The molecule has 0 aromatic carbocycles. The molecule has 8 nitrogen and oxygen atoms in total. The third-order valence-corrected chi connectivity index (χ3v) is 4.22. The van der Waals surface area contributed by atoms with Gasteiger partial charge in [-0.2, -0.15) is 0 Å². The van der Waals surface area contributed by atoms with Crippen molar-refractivity contribution in [3.05, 3.63) is 0 Å². The molecular weight excluding hydrogens is 336 g/mol. The molecule has 2 unspecified atom stereocenters. The molecule has 2 amide bonds. The fourth-order valence-corrected chi connectivity index (χ4v) is 2.63. The zero-order chi connectivity index (χ0) is 20.3. The highest BCUT2D eigenvalue weighted by molar-refractivity contribution is 5.86. The topological polar surface area (TPSA) is 130 Å². The van der Waals surface area contributed by atoms with Gasteiger partial charge in [-0.1, -0.05) is 33.6 Å². The summed E-state index contributed by atoms with van der Waals surface area (Å²) in [6, 6.07) is -1.50. The molecule has 0 radical (unpaired) electrons. The molecule has 0 aliphatic heterocycles. The van der Waals surface area contributed by atoms with Crippen LogP contribution < -0.4 is 21.9 Å². The fourth-order valence-electron chi connectivity index (χ4n) is 2.63. The van der Waals surface area contributed by atoms with Gasteiger partial charge in [-0.25, -0.2) is 10.9 Å². The van der Waals surface area contributed by atoms with E-state index in [4.69, 9.17) is 5.73 Å². The van der Waals surface area contributed by atoms with Crippen molar-refractivity contribution >= 4 is 23.4 Å². The average molecular weight is 370 g/mol. The van der Waals surface area contributed by atoms with E-state index in [1.54, 1.807) is 6.92 Å². The van der Waals surface area contributed by atoms with E-state index in [-0.39, 0.29) is 29.4 Å². The number of hydrazine groups is 1. The Balaban J connectivity index is 4.48. The second kappa shape index (κ2) is 12.5. The molecule has 150 valence electrons. The number of carbonyl (C=O) groups excluding carboxylic acids is 4. The molecule has 0 aliphatic rings. The molecule has 0 spiro atoms. The largest absolute Gasteiger partial charge is 0.368 e. The van der Waals surface area contributed by atoms with Crippen LogP contribution >= 0.6 is 0 Å². The number of hydrogen-bond donors (Lipinski definition) is 4. The van der Waals surface area contributed by atoms with Crippen molar-refractivity contribution in [2.75, 3.05) is 0 Å². The maximum absolute atomic E-state index is 11.9. The minimum absolute atomic E-state index is 0.0651. The number of Topliss-reactive ketones (excluding diaryl/α,β-unsaturated/α-hetero) is 2. The van der Waals surface area contributed by atoms with Crippen molar-refractivity contribution in [3.63, 3.8) is 0 Å². The predicted octanol–water partition coefficient (Wildman–Crippen LogP) is 0.592. The molecule has 0 aliphatic carbocycles. The highest BCUT2D eigenvalue weighted by Crippen LogP contribution is 2.08. The number of unbranched alkanes of at least 4 members (excludes halogenated alkanes) is 1. The monoisotopic (exact) mass is 370 g/mol. The number of carbonyl (C=O) groups is 4. The van der Waals surface area contributed by atoms with E-state index < -0.39 is 18.0 Å². The van der Waals surface area contributed by atoms with Crippen LogP contribution in [0, 0.1) is 5.92 Å².